The van der Waals surface area contributed by atoms with E-state index in [0.717, 1.165) is 29.0 Å². The number of rotatable bonds is 5. The van der Waals surface area contributed by atoms with Crippen LogP contribution in [0, 0.1) is 12.8 Å². The van der Waals surface area contributed by atoms with Gasteiger partial charge in [-0.25, -0.2) is 0 Å². The van der Waals surface area contributed by atoms with Crippen molar-refractivity contribution in [2.75, 3.05) is 6.61 Å². The molecule has 3 heteroatoms. The molecular weight excluding hydrogens is 296 g/mol. The maximum Gasteiger partial charge on any atom is 0.0906 e. The number of hydrogen-bond acceptors (Lipinski definition) is 2. The van der Waals surface area contributed by atoms with Crippen LogP contribution in [-0.2, 0) is 16.9 Å². The summed E-state index contributed by atoms with van der Waals surface area (Å²) >= 11 is 6.15. The van der Waals surface area contributed by atoms with E-state index < -0.39 is 5.60 Å². The second kappa shape index (κ2) is 6.41. The lowest BCUT2D eigenvalue weighted by molar-refractivity contribution is -0.104. The molecule has 1 aliphatic rings. The zero-order valence-corrected chi connectivity index (χ0v) is 13.5. The number of benzene rings is 2. The second-order valence-corrected chi connectivity index (χ2v) is 6.63. The Labute approximate surface area is 136 Å². The summed E-state index contributed by atoms with van der Waals surface area (Å²) in [4.78, 5) is 0. The van der Waals surface area contributed by atoms with Gasteiger partial charge in [0.2, 0.25) is 0 Å². The Hall–Kier alpha value is -1.35. The van der Waals surface area contributed by atoms with Crippen molar-refractivity contribution in [2.24, 2.45) is 5.92 Å². The lowest BCUT2D eigenvalue weighted by Gasteiger charge is -2.44. The van der Waals surface area contributed by atoms with Crippen molar-refractivity contribution in [3.05, 3.63) is 70.2 Å². The van der Waals surface area contributed by atoms with Gasteiger partial charge in [-0.05, 0) is 48.4 Å². The van der Waals surface area contributed by atoms with E-state index in [-0.39, 0.29) is 0 Å². The predicted molar refractivity (Wildman–Crippen MR) is 88.9 cm³/mol. The number of hydrogen-bond donors (Lipinski definition) is 1. The molecule has 1 aliphatic carbocycles. The average molecular weight is 317 g/mol. The van der Waals surface area contributed by atoms with E-state index in [1.807, 2.05) is 43.3 Å². The highest BCUT2D eigenvalue weighted by Crippen LogP contribution is 2.47. The lowest BCUT2D eigenvalue weighted by Crippen LogP contribution is -2.43. The first-order valence-corrected chi connectivity index (χ1v) is 8.06. The van der Waals surface area contributed by atoms with E-state index >= 15 is 0 Å². The first kappa shape index (κ1) is 15.5. The minimum Gasteiger partial charge on any atom is -0.385 e. The molecule has 2 aromatic rings. The van der Waals surface area contributed by atoms with E-state index in [2.05, 4.69) is 12.1 Å². The van der Waals surface area contributed by atoms with Crippen LogP contribution in [0.25, 0.3) is 0 Å². The summed E-state index contributed by atoms with van der Waals surface area (Å²) in [6.07, 6.45) is 1.48. The molecule has 0 spiro atoms. The normalized spacial score (nSPS) is 24.0. The zero-order chi connectivity index (χ0) is 15.6. The van der Waals surface area contributed by atoms with Crippen LogP contribution in [0.15, 0.2) is 48.5 Å². The number of aliphatic hydroxyl groups is 1. The van der Waals surface area contributed by atoms with Crippen molar-refractivity contribution >= 4 is 11.6 Å². The standard InChI is InChI=1S/C19H21ClO2/c1-14-17(8-5-9-18(14)20)19(21)10-16(11-19)13-22-12-15-6-3-2-4-7-15/h2-9,16,21H,10-13H2,1H3. The Balaban J connectivity index is 1.52. The van der Waals surface area contributed by atoms with Gasteiger partial charge >= 0.3 is 0 Å². The van der Waals surface area contributed by atoms with Crippen LogP contribution in [0.2, 0.25) is 5.02 Å². The molecule has 0 atom stereocenters. The van der Waals surface area contributed by atoms with Crippen LogP contribution < -0.4 is 0 Å². The Bertz CT molecular complexity index is 633. The molecule has 116 valence electrons. The van der Waals surface area contributed by atoms with Gasteiger partial charge in [-0.1, -0.05) is 54.1 Å². The van der Waals surface area contributed by atoms with Gasteiger partial charge in [0, 0.05) is 5.02 Å². The zero-order valence-electron chi connectivity index (χ0n) is 12.8. The Kier molecular flexibility index (Phi) is 4.53. The van der Waals surface area contributed by atoms with Crippen LogP contribution in [0.5, 0.6) is 0 Å². The first-order chi connectivity index (χ1) is 10.6. The third-order valence-corrected chi connectivity index (χ3v) is 4.90. The molecular formula is C19H21ClO2. The molecule has 0 aliphatic heterocycles. The highest BCUT2D eigenvalue weighted by atomic mass is 35.5. The van der Waals surface area contributed by atoms with Gasteiger partial charge in [-0.2, -0.15) is 0 Å². The van der Waals surface area contributed by atoms with Crippen LogP contribution in [0.4, 0.5) is 0 Å². The number of ether oxygens (including phenoxy) is 1. The summed E-state index contributed by atoms with van der Waals surface area (Å²) in [6.45, 7) is 3.29. The van der Waals surface area contributed by atoms with Crippen LogP contribution in [-0.4, -0.2) is 11.7 Å². The second-order valence-electron chi connectivity index (χ2n) is 6.22. The summed E-state index contributed by atoms with van der Waals surface area (Å²) in [7, 11) is 0. The molecule has 0 heterocycles. The van der Waals surface area contributed by atoms with E-state index in [0.29, 0.717) is 19.1 Å². The quantitative estimate of drug-likeness (QED) is 0.882. The van der Waals surface area contributed by atoms with Crippen LogP contribution in [0.1, 0.15) is 29.5 Å². The fourth-order valence-corrected chi connectivity index (χ4v) is 3.44. The van der Waals surface area contributed by atoms with Crippen molar-refractivity contribution in [1.29, 1.82) is 0 Å². The minimum absolute atomic E-state index is 0.409. The molecule has 0 aromatic heterocycles. The lowest BCUT2D eigenvalue weighted by atomic mass is 9.67. The van der Waals surface area contributed by atoms with Gasteiger partial charge in [-0.3, -0.25) is 0 Å². The fraction of sp³-hybridized carbons (Fsp3) is 0.368. The molecule has 0 bridgehead atoms. The molecule has 22 heavy (non-hydrogen) atoms. The molecule has 1 saturated carbocycles. The summed E-state index contributed by atoms with van der Waals surface area (Å²) in [5.41, 5.74) is 2.38. The first-order valence-electron chi connectivity index (χ1n) is 7.68. The molecule has 0 radical (unpaired) electrons. The summed E-state index contributed by atoms with van der Waals surface area (Å²) < 4.78 is 5.77. The minimum atomic E-state index is -0.740. The number of halogens is 1. The maximum atomic E-state index is 10.8. The smallest absolute Gasteiger partial charge is 0.0906 e. The van der Waals surface area contributed by atoms with Crippen LogP contribution in [0.3, 0.4) is 0 Å². The van der Waals surface area contributed by atoms with E-state index in [4.69, 9.17) is 16.3 Å². The Morgan fingerprint density at radius 3 is 2.59 bits per heavy atom. The molecule has 1 fully saturated rings. The largest absolute Gasteiger partial charge is 0.385 e. The van der Waals surface area contributed by atoms with Crippen molar-refractivity contribution in [3.8, 4) is 0 Å². The van der Waals surface area contributed by atoms with Gasteiger partial charge < -0.3 is 9.84 Å². The Morgan fingerprint density at radius 1 is 1.14 bits per heavy atom. The SMILES string of the molecule is Cc1c(Cl)cccc1C1(O)CC(COCc2ccccc2)C1. The van der Waals surface area contributed by atoms with Crippen LogP contribution >= 0.6 is 11.6 Å². The van der Waals surface area contributed by atoms with Crippen molar-refractivity contribution in [1.82, 2.24) is 0 Å². The average Bonchev–Trinajstić information content (AvgIpc) is 2.49. The molecule has 3 rings (SSSR count). The third kappa shape index (κ3) is 3.19. The van der Waals surface area contributed by atoms with E-state index in [1.54, 1.807) is 0 Å². The fourth-order valence-electron chi connectivity index (χ4n) is 3.26. The van der Waals surface area contributed by atoms with Gasteiger partial charge in [0.1, 0.15) is 0 Å². The van der Waals surface area contributed by atoms with E-state index in [1.165, 1.54) is 5.56 Å². The molecule has 2 aromatic carbocycles. The van der Waals surface area contributed by atoms with Gasteiger partial charge in [0.15, 0.2) is 0 Å². The highest BCUT2D eigenvalue weighted by molar-refractivity contribution is 6.31. The monoisotopic (exact) mass is 316 g/mol. The highest BCUT2D eigenvalue weighted by Gasteiger charge is 2.44. The summed E-state index contributed by atoms with van der Waals surface area (Å²) in [5.74, 6) is 0.409. The summed E-state index contributed by atoms with van der Waals surface area (Å²) in [5, 5.41) is 11.5. The topological polar surface area (TPSA) is 29.5 Å². The molecule has 0 saturated heterocycles. The Morgan fingerprint density at radius 2 is 1.86 bits per heavy atom. The van der Waals surface area contributed by atoms with Crippen molar-refractivity contribution < 1.29 is 9.84 Å². The van der Waals surface area contributed by atoms with Gasteiger partial charge in [-0.15, -0.1) is 0 Å². The summed E-state index contributed by atoms with van der Waals surface area (Å²) in [6, 6.07) is 15.9. The van der Waals surface area contributed by atoms with Gasteiger partial charge in [0.05, 0.1) is 18.8 Å². The third-order valence-electron chi connectivity index (χ3n) is 4.49. The van der Waals surface area contributed by atoms with Crippen molar-refractivity contribution in [3.63, 3.8) is 0 Å². The molecule has 0 amide bonds. The van der Waals surface area contributed by atoms with Crippen molar-refractivity contribution in [2.45, 2.75) is 32.0 Å². The molecule has 2 nitrogen and oxygen atoms in total. The maximum absolute atomic E-state index is 10.8. The van der Waals surface area contributed by atoms with E-state index in [9.17, 15) is 5.11 Å². The van der Waals surface area contributed by atoms with Gasteiger partial charge in [0.25, 0.3) is 0 Å². The molecule has 0 unspecified atom stereocenters. The molecule has 1 N–H and O–H groups in total. The predicted octanol–water partition coefficient (Wildman–Crippen LogP) is 4.46.